The molecule has 166 valence electrons. The lowest BCUT2D eigenvalue weighted by Gasteiger charge is -2.30. The Bertz CT molecular complexity index is 1160. The minimum absolute atomic E-state index is 0.0151. The van der Waals surface area contributed by atoms with E-state index in [1.54, 1.807) is 18.2 Å². The Morgan fingerprint density at radius 3 is 2.53 bits per heavy atom. The summed E-state index contributed by atoms with van der Waals surface area (Å²) < 4.78 is 86.4. The van der Waals surface area contributed by atoms with Crippen LogP contribution in [0.3, 0.4) is 0 Å². The van der Waals surface area contributed by atoms with Crippen LogP contribution in [0.1, 0.15) is 16.7 Å². The van der Waals surface area contributed by atoms with Gasteiger partial charge in [-0.3, -0.25) is 0 Å². The maximum atomic E-state index is 14.6. The number of aromatic nitrogens is 1. The first-order valence-electron chi connectivity index (χ1n) is 9.45. The number of alkyl halides is 4. The van der Waals surface area contributed by atoms with E-state index in [9.17, 15) is 26.3 Å². The molecule has 1 aliphatic rings. The Kier molecular flexibility index (Phi) is 5.77. The number of hydrogen-bond acceptors (Lipinski definition) is 4. The second-order valence-electron chi connectivity index (χ2n) is 6.93. The molecule has 2 aromatic carbocycles. The molecule has 2 heterocycles. The van der Waals surface area contributed by atoms with E-state index < -0.39 is 29.9 Å². The molecule has 0 spiro atoms. The van der Waals surface area contributed by atoms with Crippen molar-refractivity contribution < 1.29 is 31.1 Å². The van der Waals surface area contributed by atoms with Crippen molar-refractivity contribution in [1.82, 2.24) is 4.98 Å². The molecule has 32 heavy (non-hydrogen) atoms. The van der Waals surface area contributed by atoms with Crippen LogP contribution in [0.15, 0.2) is 65.8 Å². The van der Waals surface area contributed by atoms with Crippen molar-refractivity contribution in [2.45, 2.75) is 19.0 Å². The van der Waals surface area contributed by atoms with Gasteiger partial charge in [-0.2, -0.15) is 22.0 Å². The van der Waals surface area contributed by atoms with Gasteiger partial charge in [0.2, 0.25) is 11.8 Å². The van der Waals surface area contributed by atoms with Crippen LogP contribution in [0.4, 0.5) is 32.0 Å². The molecular weight excluding hydrogens is 436 g/mol. The van der Waals surface area contributed by atoms with E-state index in [0.717, 1.165) is 18.3 Å². The van der Waals surface area contributed by atoms with Crippen LogP contribution in [0.2, 0.25) is 0 Å². The number of pyridine rings is 1. The number of hydrogen-bond donors (Lipinski definition) is 0. The van der Waals surface area contributed by atoms with E-state index in [4.69, 9.17) is 4.74 Å². The normalized spacial score (nSPS) is 15.9. The smallest absolute Gasteiger partial charge is 0.416 e. The van der Waals surface area contributed by atoms with Crippen LogP contribution in [-0.4, -0.2) is 23.9 Å². The fourth-order valence-corrected chi connectivity index (χ4v) is 3.27. The number of aliphatic imine (C=N–C) groups is 1. The third kappa shape index (κ3) is 4.53. The number of anilines is 1. The average Bonchev–Trinajstić information content (AvgIpc) is 2.74. The molecule has 0 N–H and O–H groups in total. The number of rotatable bonds is 5. The maximum Gasteiger partial charge on any atom is 0.416 e. The summed E-state index contributed by atoms with van der Waals surface area (Å²) in [5.41, 5.74) is -0.266. The minimum atomic E-state index is -4.57. The van der Waals surface area contributed by atoms with Gasteiger partial charge in [-0.05, 0) is 36.2 Å². The second kappa shape index (κ2) is 8.52. The van der Waals surface area contributed by atoms with Crippen LogP contribution in [-0.2, 0) is 12.6 Å². The van der Waals surface area contributed by atoms with Gasteiger partial charge in [-0.15, -0.1) is 0 Å². The molecule has 0 radical (unpaired) electrons. The first-order chi connectivity index (χ1) is 15.2. The zero-order valence-corrected chi connectivity index (χ0v) is 16.3. The SMILES string of the molecule is FC1=NC(F)N(CCc2ccc(Oc3cc(C(F)(F)F)ccn3)cc2F)c2ccccc21. The summed E-state index contributed by atoms with van der Waals surface area (Å²) in [6, 6.07) is 11.5. The fourth-order valence-electron chi connectivity index (χ4n) is 3.27. The first-order valence-corrected chi connectivity index (χ1v) is 9.45. The maximum absolute atomic E-state index is 14.6. The molecule has 0 saturated carbocycles. The van der Waals surface area contributed by atoms with Crippen LogP contribution >= 0.6 is 0 Å². The highest BCUT2D eigenvalue weighted by atomic mass is 19.4. The molecule has 0 amide bonds. The highest BCUT2D eigenvalue weighted by molar-refractivity contribution is 6.00. The third-order valence-electron chi connectivity index (χ3n) is 4.84. The number of ether oxygens (including phenoxy) is 1. The van der Waals surface area contributed by atoms with Gasteiger partial charge in [-0.1, -0.05) is 18.2 Å². The van der Waals surface area contributed by atoms with Gasteiger partial charge in [0.05, 0.1) is 16.8 Å². The zero-order chi connectivity index (χ0) is 22.9. The van der Waals surface area contributed by atoms with Crippen LogP contribution in [0.5, 0.6) is 11.6 Å². The highest BCUT2D eigenvalue weighted by Crippen LogP contribution is 2.32. The van der Waals surface area contributed by atoms with Crippen molar-refractivity contribution in [3.05, 3.63) is 83.3 Å². The molecule has 10 heteroatoms. The Morgan fingerprint density at radius 2 is 1.78 bits per heavy atom. The predicted molar refractivity (Wildman–Crippen MR) is 106 cm³/mol. The quantitative estimate of drug-likeness (QED) is 0.349. The van der Waals surface area contributed by atoms with Crippen molar-refractivity contribution in [2.75, 3.05) is 11.4 Å². The molecule has 1 aliphatic heterocycles. The molecule has 0 saturated heterocycles. The number of nitrogens with zero attached hydrogens (tertiary/aromatic N) is 3. The van der Waals surface area contributed by atoms with Gasteiger partial charge in [0.15, 0.2) is 0 Å². The van der Waals surface area contributed by atoms with E-state index in [2.05, 4.69) is 9.98 Å². The summed E-state index contributed by atoms with van der Waals surface area (Å²) >= 11 is 0. The summed E-state index contributed by atoms with van der Waals surface area (Å²) in [7, 11) is 0. The Balaban J connectivity index is 1.47. The minimum Gasteiger partial charge on any atom is -0.439 e. The fraction of sp³-hybridized carbons (Fsp3) is 0.182. The third-order valence-corrected chi connectivity index (χ3v) is 4.84. The highest BCUT2D eigenvalue weighted by Gasteiger charge is 2.31. The summed E-state index contributed by atoms with van der Waals surface area (Å²) in [4.78, 5) is 8.25. The lowest BCUT2D eigenvalue weighted by Crippen LogP contribution is -2.37. The molecule has 1 aromatic heterocycles. The standard InChI is InChI=1S/C22H15F6N3O/c23-17-12-15(32-19-11-14(7-9-29-19)22(26,27)28)6-5-13(17)8-10-31-18-4-2-1-3-16(18)20(24)30-21(31)25/h1-7,9,11-12,21H,8,10H2. The Morgan fingerprint density at radius 1 is 1.00 bits per heavy atom. The molecule has 3 aromatic rings. The summed E-state index contributed by atoms with van der Waals surface area (Å²) in [6.45, 7) is 0.0151. The van der Waals surface area contributed by atoms with E-state index in [-0.39, 0.29) is 35.7 Å². The van der Waals surface area contributed by atoms with Crippen molar-refractivity contribution >= 4 is 11.7 Å². The zero-order valence-electron chi connectivity index (χ0n) is 16.3. The average molecular weight is 451 g/mol. The first kappa shape index (κ1) is 21.7. The molecule has 4 nitrogen and oxygen atoms in total. The Hall–Kier alpha value is -3.56. The lowest BCUT2D eigenvalue weighted by atomic mass is 10.1. The van der Waals surface area contributed by atoms with Crippen molar-refractivity contribution in [3.8, 4) is 11.6 Å². The van der Waals surface area contributed by atoms with Gasteiger partial charge in [0.25, 0.3) is 6.42 Å². The van der Waals surface area contributed by atoms with E-state index in [0.29, 0.717) is 11.8 Å². The molecule has 1 unspecified atom stereocenters. The molecule has 0 bridgehead atoms. The largest absolute Gasteiger partial charge is 0.439 e. The van der Waals surface area contributed by atoms with Crippen molar-refractivity contribution in [2.24, 2.45) is 4.99 Å². The summed E-state index contributed by atoms with van der Waals surface area (Å²) in [5, 5.41) is 0. The van der Waals surface area contributed by atoms with Gasteiger partial charge in [0.1, 0.15) is 11.6 Å². The molecule has 0 fully saturated rings. The molecule has 4 rings (SSSR count). The molecular formula is C22H15F6N3O. The van der Waals surface area contributed by atoms with E-state index in [1.165, 1.54) is 23.1 Å². The number of halogens is 6. The molecule has 0 aliphatic carbocycles. The van der Waals surface area contributed by atoms with E-state index in [1.807, 2.05) is 0 Å². The van der Waals surface area contributed by atoms with Gasteiger partial charge >= 0.3 is 6.18 Å². The second-order valence-corrected chi connectivity index (χ2v) is 6.93. The summed E-state index contributed by atoms with van der Waals surface area (Å²) in [6.07, 6.45) is -5.50. The van der Waals surface area contributed by atoms with E-state index >= 15 is 0 Å². The van der Waals surface area contributed by atoms with Crippen LogP contribution < -0.4 is 9.64 Å². The number of fused-ring (bicyclic) bond motifs is 1. The summed E-state index contributed by atoms with van der Waals surface area (Å²) in [5.74, 6) is -1.97. The van der Waals surface area contributed by atoms with Gasteiger partial charge < -0.3 is 9.64 Å². The van der Waals surface area contributed by atoms with Crippen LogP contribution in [0, 0.1) is 5.82 Å². The molecule has 1 atom stereocenters. The van der Waals surface area contributed by atoms with Gasteiger partial charge in [-0.25, -0.2) is 14.4 Å². The Labute approximate surface area is 178 Å². The van der Waals surface area contributed by atoms with Crippen molar-refractivity contribution in [3.63, 3.8) is 0 Å². The predicted octanol–water partition coefficient (Wildman–Crippen LogP) is 6.06. The van der Waals surface area contributed by atoms with Crippen molar-refractivity contribution in [1.29, 1.82) is 0 Å². The number of para-hydroxylation sites is 1. The monoisotopic (exact) mass is 451 g/mol. The van der Waals surface area contributed by atoms with Gasteiger partial charge in [0, 0.05) is 24.9 Å². The topological polar surface area (TPSA) is 37.7 Å². The lowest BCUT2D eigenvalue weighted by molar-refractivity contribution is -0.137. The van der Waals surface area contributed by atoms with Crippen LogP contribution in [0.25, 0.3) is 0 Å². The number of benzene rings is 2.